The Morgan fingerprint density at radius 3 is 2.69 bits per heavy atom. The van der Waals surface area contributed by atoms with Crippen LogP contribution in [-0.2, 0) is 6.54 Å². The number of nitrogens with one attached hydrogen (secondary N) is 2. The Labute approximate surface area is 155 Å². The summed E-state index contributed by atoms with van der Waals surface area (Å²) in [7, 11) is 0. The minimum atomic E-state index is -0.443. The fourth-order valence-corrected chi connectivity index (χ4v) is 2.54. The Morgan fingerprint density at radius 1 is 1.12 bits per heavy atom. The molecule has 3 aromatic rings. The van der Waals surface area contributed by atoms with Crippen molar-refractivity contribution in [3.05, 3.63) is 82.4 Å². The maximum absolute atomic E-state index is 13.2. The molecule has 3 rings (SSSR count). The number of hydrogen-bond acceptors (Lipinski definition) is 4. The lowest BCUT2D eigenvalue weighted by Gasteiger charge is -2.10. The van der Waals surface area contributed by atoms with Crippen LogP contribution in [0.2, 0.25) is 5.02 Å². The largest absolute Gasteiger partial charge is 0.350 e. The number of halogens is 2. The van der Waals surface area contributed by atoms with Gasteiger partial charge in [0.15, 0.2) is 0 Å². The van der Waals surface area contributed by atoms with E-state index in [1.54, 1.807) is 25.1 Å². The molecule has 132 valence electrons. The topological polar surface area (TPSA) is 66.9 Å². The number of anilines is 2. The molecule has 0 bridgehead atoms. The van der Waals surface area contributed by atoms with Gasteiger partial charge in [-0.25, -0.2) is 14.4 Å². The third-order valence-electron chi connectivity index (χ3n) is 3.56. The summed E-state index contributed by atoms with van der Waals surface area (Å²) in [6.07, 6.45) is 0. The molecule has 0 fully saturated rings. The van der Waals surface area contributed by atoms with Crippen molar-refractivity contribution in [2.24, 2.45) is 0 Å². The average molecular weight is 371 g/mol. The summed E-state index contributed by atoms with van der Waals surface area (Å²) >= 11 is 6.13. The smallest absolute Gasteiger partial charge is 0.274 e. The van der Waals surface area contributed by atoms with E-state index in [1.165, 1.54) is 18.2 Å². The van der Waals surface area contributed by atoms with Crippen molar-refractivity contribution >= 4 is 29.1 Å². The van der Waals surface area contributed by atoms with Crippen molar-refractivity contribution in [3.63, 3.8) is 0 Å². The fraction of sp³-hybridized carbons (Fsp3) is 0.105. The minimum absolute atomic E-state index is 0.184. The zero-order valence-corrected chi connectivity index (χ0v) is 14.7. The lowest BCUT2D eigenvalue weighted by atomic mass is 10.2. The Kier molecular flexibility index (Phi) is 5.43. The number of rotatable bonds is 5. The van der Waals surface area contributed by atoms with Crippen molar-refractivity contribution < 1.29 is 9.18 Å². The molecule has 0 unspecified atom stereocenters. The summed E-state index contributed by atoms with van der Waals surface area (Å²) in [6.45, 7) is 2.19. The van der Waals surface area contributed by atoms with Gasteiger partial charge in [-0.2, -0.15) is 0 Å². The highest BCUT2D eigenvalue weighted by Gasteiger charge is 2.12. The van der Waals surface area contributed by atoms with Crippen molar-refractivity contribution in [1.29, 1.82) is 0 Å². The highest BCUT2D eigenvalue weighted by Crippen LogP contribution is 2.16. The lowest BCUT2D eigenvalue weighted by molar-refractivity contribution is 0.102. The Bertz CT molecular complexity index is 948. The molecule has 0 saturated heterocycles. The first-order valence-electron chi connectivity index (χ1n) is 7.91. The number of amides is 1. The van der Waals surface area contributed by atoms with Gasteiger partial charge < -0.3 is 10.6 Å². The number of nitrogens with zero attached hydrogens (tertiary/aromatic N) is 2. The van der Waals surface area contributed by atoms with Crippen LogP contribution in [-0.4, -0.2) is 15.9 Å². The molecule has 0 atom stereocenters. The molecule has 5 nitrogen and oxygen atoms in total. The van der Waals surface area contributed by atoms with Gasteiger partial charge in [0.05, 0.1) is 0 Å². The first-order valence-corrected chi connectivity index (χ1v) is 8.29. The summed E-state index contributed by atoms with van der Waals surface area (Å²) in [5, 5.41) is 6.32. The van der Waals surface area contributed by atoms with Crippen molar-refractivity contribution in [1.82, 2.24) is 9.97 Å². The average Bonchev–Trinajstić information content (AvgIpc) is 2.60. The van der Waals surface area contributed by atoms with E-state index >= 15 is 0 Å². The summed E-state index contributed by atoms with van der Waals surface area (Å²) in [4.78, 5) is 20.9. The number of hydrogen-bond donors (Lipinski definition) is 2. The van der Waals surface area contributed by atoms with E-state index in [0.29, 0.717) is 28.9 Å². The van der Waals surface area contributed by atoms with E-state index in [-0.39, 0.29) is 5.69 Å². The molecule has 1 amide bonds. The van der Waals surface area contributed by atoms with Gasteiger partial charge in [-0.05, 0) is 42.8 Å². The molecule has 0 aliphatic carbocycles. The van der Waals surface area contributed by atoms with E-state index in [2.05, 4.69) is 20.6 Å². The van der Waals surface area contributed by atoms with Crippen LogP contribution >= 0.6 is 11.6 Å². The monoisotopic (exact) mass is 370 g/mol. The van der Waals surface area contributed by atoms with Crippen LogP contribution in [0.3, 0.4) is 0 Å². The SMILES string of the molecule is Cc1cc(C(=O)Nc2cccc(F)c2)nc(NCc2ccccc2Cl)n1. The summed E-state index contributed by atoms with van der Waals surface area (Å²) in [6, 6.07) is 14.7. The Balaban J connectivity index is 1.74. The molecule has 2 N–H and O–H groups in total. The molecular formula is C19H16ClFN4O. The second kappa shape index (κ2) is 7.93. The number of benzene rings is 2. The molecule has 7 heteroatoms. The van der Waals surface area contributed by atoms with Crippen LogP contribution in [0, 0.1) is 12.7 Å². The van der Waals surface area contributed by atoms with E-state index in [1.807, 2.05) is 18.2 Å². The van der Waals surface area contributed by atoms with Crippen molar-refractivity contribution in [2.75, 3.05) is 10.6 Å². The third kappa shape index (κ3) is 4.55. The lowest BCUT2D eigenvalue weighted by Crippen LogP contribution is -2.16. The fourth-order valence-electron chi connectivity index (χ4n) is 2.34. The number of carbonyl (C=O) groups is 1. The highest BCUT2D eigenvalue weighted by atomic mass is 35.5. The number of aromatic nitrogens is 2. The minimum Gasteiger partial charge on any atom is -0.350 e. The number of aryl methyl sites for hydroxylation is 1. The quantitative estimate of drug-likeness (QED) is 0.696. The van der Waals surface area contributed by atoms with Crippen LogP contribution in [0.1, 0.15) is 21.7 Å². The maximum Gasteiger partial charge on any atom is 0.274 e. The normalized spacial score (nSPS) is 10.4. The van der Waals surface area contributed by atoms with Crippen molar-refractivity contribution in [2.45, 2.75) is 13.5 Å². The standard InChI is InChI=1S/C19H16ClFN4O/c1-12-9-17(18(26)24-15-7-4-6-14(21)10-15)25-19(23-12)22-11-13-5-2-3-8-16(13)20/h2-10H,11H2,1H3,(H,24,26)(H,22,23,25). The molecule has 2 aromatic carbocycles. The van der Waals surface area contributed by atoms with Gasteiger partial charge in [-0.3, -0.25) is 4.79 Å². The molecule has 0 radical (unpaired) electrons. The van der Waals surface area contributed by atoms with E-state index < -0.39 is 11.7 Å². The first-order chi connectivity index (χ1) is 12.5. The van der Waals surface area contributed by atoms with Crippen LogP contribution in [0.4, 0.5) is 16.0 Å². The van der Waals surface area contributed by atoms with Crippen LogP contribution in [0.25, 0.3) is 0 Å². The second-order valence-electron chi connectivity index (χ2n) is 5.63. The molecule has 0 aliphatic heterocycles. The van der Waals surface area contributed by atoms with E-state index in [9.17, 15) is 9.18 Å². The van der Waals surface area contributed by atoms with Gasteiger partial charge in [0.1, 0.15) is 11.5 Å². The highest BCUT2D eigenvalue weighted by molar-refractivity contribution is 6.31. The van der Waals surface area contributed by atoms with E-state index in [0.717, 1.165) is 5.56 Å². The van der Waals surface area contributed by atoms with Crippen molar-refractivity contribution in [3.8, 4) is 0 Å². The molecule has 26 heavy (non-hydrogen) atoms. The predicted molar refractivity (Wildman–Crippen MR) is 99.9 cm³/mol. The summed E-state index contributed by atoms with van der Waals surface area (Å²) in [5.74, 6) is -0.556. The third-order valence-corrected chi connectivity index (χ3v) is 3.93. The van der Waals surface area contributed by atoms with Crippen LogP contribution < -0.4 is 10.6 Å². The zero-order chi connectivity index (χ0) is 18.5. The van der Waals surface area contributed by atoms with Gasteiger partial charge in [-0.1, -0.05) is 35.9 Å². The number of carbonyl (C=O) groups excluding carboxylic acids is 1. The van der Waals surface area contributed by atoms with Gasteiger partial charge >= 0.3 is 0 Å². The molecular weight excluding hydrogens is 355 g/mol. The molecule has 1 heterocycles. The zero-order valence-electron chi connectivity index (χ0n) is 14.0. The molecule has 1 aromatic heterocycles. The molecule has 0 spiro atoms. The Morgan fingerprint density at radius 2 is 1.92 bits per heavy atom. The summed E-state index contributed by atoms with van der Waals surface area (Å²) in [5.41, 5.74) is 2.07. The van der Waals surface area contributed by atoms with Gasteiger partial charge in [-0.15, -0.1) is 0 Å². The first kappa shape index (κ1) is 17.8. The maximum atomic E-state index is 13.2. The molecule has 0 aliphatic rings. The van der Waals surface area contributed by atoms with Gasteiger partial charge in [0.25, 0.3) is 5.91 Å². The van der Waals surface area contributed by atoms with Gasteiger partial charge in [0.2, 0.25) is 5.95 Å². The van der Waals surface area contributed by atoms with Crippen LogP contribution in [0.15, 0.2) is 54.6 Å². The Hall–Kier alpha value is -2.99. The predicted octanol–water partition coefficient (Wildman–Crippen LogP) is 4.44. The molecule has 0 saturated carbocycles. The van der Waals surface area contributed by atoms with Gasteiger partial charge in [0, 0.05) is 22.9 Å². The summed E-state index contributed by atoms with van der Waals surface area (Å²) < 4.78 is 13.2. The van der Waals surface area contributed by atoms with E-state index in [4.69, 9.17) is 11.6 Å². The second-order valence-corrected chi connectivity index (χ2v) is 6.03. The van der Waals surface area contributed by atoms with Crippen LogP contribution in [0.5, 0.6) is 0 Å².